The van der Waals surface area contributed by atoms with E-state index in [-0.39, 0.29) is 17.9 Å². The van der Waals surface area contributed by atoms with E-state index in [4.69, 9.17) is 0 Å². The number of rotatable bonds is 5. The van der Waals surface area contributed by atoms with Crippen LogP contribution < -0.4 is 16.2 Å². The summed E-state index contributed by atoms with van der Waals surface area (Å²) in [4.78, 5) is 14.4. The Bertz CT molecular complexity index is 670. The molecule has 25 heavy (non-hydrogen) atoms. The first-order valence-corrected chi connectivity index (χ1v) is 8.53. The number of anilines is 1. The summed E-state index contributed by atoms with van der Waals surface area (Å²) in [6, 6.07) is 16.1. The molecule has 6 heteroatoms. The van der Waals surface area contributed by atoms with Crippen molar-refractivity contribution in [3.05, 3.63) is 66.0 Å². The van der Waals surface area contributed by atoms with Gasteiger partial charge < -0.3 is 5.32 Å². The van der Waals surface area contributed by atoms with Crippen molar-refractivity contribution in [1.29, 1.82) is 0 Å². The molecular formula is C19H23FN4O. The van der Waals surface area contributed by atoms with Gasteiger partial charge in [0.2, 0.25) is 0 Å². The predicted octanol–water partition coefficient (Wildman–Crippen LogP) is 3.12. The molecule has 1 aliphatic heterocycles. The van der Waals surface area contributed by atoms with Gasteiger partial charge in [-0.15, -0.1) is 0 Å². The maximum Gasteiger partial charge on any atom is 0.333 e. The van der Waals surface area contributed by atoms with E-state index in [1.807, 2.05) is 6.07 Å². The molecule has 2 aromatic rings. The number of amides is 2. The molecule has 3 rings (SSSR count). The highest BCUT2D eigenvalue weighted by molar-refractivity contribution is 5.75. The smallest absolute Gasteiger partial charge is 0.333 e. The number of hydrogen-bond donors (Lipinski definition) is 3. The molecule has 0 aliphatic carbocycles. The summed E-state index contributed by atoms with van der Waals surface area (Å²) >= 11 is 0. The van der Waals surface area contributed by atoms with Gasteiger partial charge in [-0.3, -0.25) is 15.8 Å². The van der Waals surface area contributed by atoms with Crippen LogP contribution in [0.1, 0.15) is 18.4 Å². The number of benzene rings is 2. The second kappa shape index (κ2) is 8.48. The number of nitrogens with zero attached hydrogens (tertiary/aromatic N) is 1. The summed E-state index contributed by atoms with van der Waals surface area (Å²) in [7, 11) is 0. The van der Waals surface area contributed by atoms with Crippen molar-refractivity contribution >= 4 is 11.7 Å². The Morgan fingerprint density at radius 1 is 1.04 bits per heavy atom. The zero-order valence-corrected chi connectivity index (χ0v) is 14.0. The quantitative estimate of drug-likeness (QED) is 0.732. The zero-order chi connectivity index (χ0) is 17.5. The van der Waals surface area contributed by atoms with Gasteiger partial charge in [0.05, 0.1) is 5.69 Å². The second-order valence-electron chi connectivity index (χ2n) is 6.27. The molecule has 0 unspecified atom stereocenters. The SMILES string of the molecule is O=C(NNc1ccc(F)cc1)NC1CCN(Cc2ccccc2)CC1. The van der Waals surface area contributed by atoms with Crippen LogP contribution in [-0.4, -0.2) is 30.1 Å². The van der Waals surface area contributed by atoms with E-state index >= 15 is 0 Å². The van der Waals surface area contributed by atoms with Gasteiger partial charge in [-0.05, 0) is 42.7 Å². The summed E-state index contributed by atoms with van der Waals surface area (Å²) in [6.07, 6.45) is 1.85. The number of halogens is 1. The lowest BCUT2D eigenvalue weighted by molar-refractivity contribution is 0.187. The molecule has 0 aromatic heterocycles. The van der Waals surface area contributed by atoms with Gasteiger partial charge >= 0.3 is 6.03 Å². The largest absolute Gasteiger partial charge is 0.334 e. The molecule has 1 fully saturated rings. The maximum absolute atomic E-state index is 12.8. The van der Waals surface area contributed by atoms with Crippen molar-refractivity contribution in [2.24, 2.45) is 0 Å². The van der Waals surface area contributed by atoms with Crippen molar-refractivity contribution in [2.45, 2.75) is 25.4 Å². The lowest BCUT2D eigenvalue weighted by Gasteiger charge is -2.32. The van der Waals surface area contributed by atoms with Gasteiger partial charge in [0.1, 0.15) is 5.82 Å². The van der Waals surface area contributed by atoms with Gasteiger partial charge in [-0.2, -0.15) is 0 Å². The fourth-order valence-electron chi connectivity index (χ4n) is 2.96. The first-order valence-electron chi connectivity index (χ1n) is 8.53. The first-order chi connectivity index (χ1) is 12.2. The van der Waals surface area contributed by atoms with Crippen molar-refractivity contribution in [3.63, 3.8) is 0 Å². The average Bonchev–Trinajstić information content (AvgIpc) is 2.64. The van der Waals surface area contributed by atoms with Crippen LogP contribution in [0.3, 0.4) is 0 Å². The van der Waals surface area contributed by atoms with Gasteiger partial charge in [-0.1, -0.05) is 30.3 Å². The van der Waals surface area contributed by atoms with Gasteiger partial charge in [0.25, 0.3) is 0 Å². The molecule has 3 N–H and O–H groups in total. The minimum atomic E-state index is -0.308. The summed E-state index contributed by atoms with van der Waals surface area (Å²) in [5, 5.41) is 2.97. The number of urea groups is 1. The van der Waals surface area contributed by atoms with E-state index in [9.17, 15) is 9.18 Å². The Hall–Kier alpha value is -2.60. The van der Waals surface area contributed by atoms with E-state index < -0.39 is 0 Å². The molecule has 2 amide bonds. The monoisotopic (exact) mass is 342 g/mol. The maximum atomic E-state index is 12.8. The first kappa shape index (κ1) is 17.2. The number of piperidine rings is 1. The highest BCUT2D eigenvalue weighted by Crippen LogP contribution is 2.14. The van der Waals surface area contributed by atoms with E-state index in [0.717, 1.165) is 32.5 Å². The fraction of sp³-hybridized carbons (Fsp3) is 0.316. The van der Waals surface area contributed by atoms with Crippen molar-refractivity contribution < 1.29 is 9.18 Å². The third-order valence-electron chi connectivity index (χ3n) is 4.34. The van der Waals surface area contributed by atoms with E-state index in [0.29, 0.717) is 5.69 Å². The van der Waals surface area contributed by atoms with E-state index in [1.54, 1.807) is 12.1 Å². The van der Waals surface area contributed by atoms with Crippen molar-refractivity contribution in [2.75, 3.05) is 18.5 Å². The van der Waals surface area contributed by atoms with Crippen LogP contribution in [0.2, 0.25) is 0 Å². The van der Waals surface area contributed by atoms with Gasteiger partial charge in [-0.25, -0.2) is 9.18 Å². The molecule has 2 aromatic carbocycles. The summed E-state index contributed by atoms with van der Waals surface area (Å²) in [5.74, 6) is -0.308. The molecule has 1 saturated heterocycles. The second-order valence-corrected chi connectivity index (χ2v) is 6.27. The Labute approximate surface area is 147 Å². The minimum Gasteiger partial charge on any atom is -0.334 e. The highest BCUT2D eigenvalue weighted by Gasteiger charge is 2.20. The van der Waals surface area contributed by atoms with Crippen LogP contribution in [-0.2, 0) is 6.54 Å². The zero-order valence-electron chi connectivity index (χ0n) is 14.0. The number of hydrogen-bond acceptors (Lipinski definition) is 3. The number of nitrogens with one attached hydrogen (secondary N) is 3. The standard InChI is InChI=1S/C19H23FN4O/c20-16-6-8-18(9-7-16)22-23-19(25)21-17-10-12-24(13-11-17)14-15-4-2-1-3-5-15/h1-9,17,22H,10-14H2,(H2,21,23,25). The van der Waals surface area contributed by atoms with Crippen LogP contribution in [0.15, 0.2) is 54.6 Å². The lowest BCUT2D eigenvalue weighted by atomic mass is 10.0. The van der Waals surface area contributed by atoms with Crippen LogP contribution >= 0.6 is 0 Å². The van der Waals surface area contributed by atoms with Gasteiger partial charge in [0.15, 0.2) is 0 Å². The number of carbonyl (C=O) groups excluding carboxylic acids is 1. The van der Waals surface area contributed by atoms with Crippen molar-refractivity contribution in [1.82, 2.24) is 15.6 Å². The van der Waals surface area contributed by atoms with Crippen molar-refractivity contribution in [3.8, 4) is 0 Å². The number of hydrazine groups is 1. The van der Waals surface area contributed by atoms with Gasteiger partial charge in [0, 0.05) is 25.7 Å². The molecule has 5 nitrogen and oxygen atoms in total. The molecule has 0 radical (unpaired) electrons. The fourth-order valence-corrected chi connectivity index (χ4v) is 2.96. The highest BCUT2D eigenvalue weighted by atomic mass is 19.1. The molecule has 1 aliphatic rings. The Kier molecular flexibility index (Phi) is 5.85. The van der Waals surface area contributed by atoms with E-state index in [2.05, 4.69) is 45.3 Å². The molecule has 1 heterocycles. The van der Waals surface area contributed by atoms with Crippen LogP contribution in [0.4, 0.5) is 14.9 Å². The lowest BCUT2D eigenvalue weighted by Crippen LogP contribution is -2.48. The third kappa shape index (κ3) is 5.46. The predicted molar refractivity (Wildman–Crippen MR) is 96.4 cm³/mol. The summed E-state index contributed by atoms with van der Waals surface area (Å²) in [6.45, 7) is 2.88. The normalized spacial score (nSPS) is 15.6. The van der Waals surface area contributed by atoms with Crippen LogP contribution in [0, 0.1) is 5.82 Å². The topological polar surface area (TPSA) is 56.4 Å². The number of carbonyl (C=O) groups is 1. The molecular weight excluding hydrogens is 319 g/mol. The Balaban J connectivity index is 1.36. The molecule has 0 saturated carbocycles. The average molecular weight is 342 g/mol. The Morgan fingerprint density at radius 2 is 1.72 bits per heavy atom. The summed E-state index contributed by atoms with van der Waals surface area (Å²) < 4.78 is 12.8. The van der Waals surface area contributed by atoms with E-state index in [1.165, 1.54) is 17.7 Å². The summed E-state index contributed by atoms with van der Waals surface area (Å²) in [5.41, 5.74) is 7.29. The number of likely N-dealkylation sites (tertiary alicyclic amines) is 1. The molecule has 0 atom stereocenters. The van der Waals surface area contributed by atoms with Crippen LogP contribution in [0.25, 0.3) is 0 Å². The van der Waals surface area contributed by atoms with Crippen LogP contribution in [0.5, 0.6) is 0 Å². The molecule has 0 spiro atoms. The Morgan fingerprint density at radius 3 is 2.40 bits per heavy atom. The minimum absolute atomic E-state index is 0.169. The third-order valence-corrected chi connectivity index (χ3v) is 4.34. The molecule has 132 valence electrons. The molecule has 0 bridgehead atoms.